The lowest BCUT2D eigenvalue weighted by Gasteiger charge is -2.27. The van der Waals surface area contributed by atoms with Crippen LogP contribution in [0.1, 0.15) is 30.9 Å². The van der Waals surface area contributed by atoms with Gasteiger partial charge in [-0.05, 0) is 43.7 Å². The topological polar surface area (TPSA) is 78.9 Å². The number of hydrogen-bond acceptors (Lipinski definition) is 7. The number of halogens is 6. The Morgan fingerprint density at radius 2 is 1.95 bits per heavy atom. The first-order chi connectivity index (χ1) is 17.8. The SMILES string of the molecule is C/C=C\C(=C/N(C)C(F)(F)F)NC1=NC(CCC(=O)OC)Nc2cc(-c3ncccc3C(F)(F)F)ccc21. The Labute approximate surface area is 214 Å². The Morgan fingerprint density at radius 1 is 1.21 bits per heavy atom. The fourth-order valence-electron chi connectivity index (χ4n) is 3.63. The highest BCUT2D eigenvalue weighted by molar-refractivity contribution is 6.06. The number of anilines is 1. The molecule has 3 rings (SSSR count). The molecule has 1 aromatic carbocycles. The van der Waals surface area contributed by atoms with Gasteiger partial charge in [0.2, 0.25) is 0 Å². The molecule has 0 saturated carbocycles. The van der Waals surface area contributed by atoms with Gasteiger partial charge in [-0.2, -0.15) is 26.3 Å². The molecule has 0 radical (unpaired) electrons. The number of nitrogens with zero attached hydrogens (tertiary/aromatic N) is 3. The van der Waals surface area contributed by atoms with E-state index in [1.165, 1.54) is 49.7 Å². The molecular formula is C25H25F6N5O2. The minimum absolute atomic E-state index is 0.0210. The van der Waals surface area contributed by atoms with Crippen LogP contribution in [-0.4, -0.2) is 48.3 Å². The number of nitrogens with one attached hydrogen (secondary N) is 2. The number of esters is 1. The van der Waals surface area contributed by atoms with Crippen LogP contribution in [0.5, 0.6) is 0 Å². The second-order valence-electron chi connectivity index (χ2n) is 8.20. The maximum atomic E-state index is 13.6. The second kappa shape index (κ2) is 11.6. The van der Waals surface area contributed by atoms with E-state index < -0.39 is 30.2 Å². The predicted octanol–water partition coefficient (Wildman–Crippen LogP) is 5.68. The Morgan fingerprint density at radius 3 is 2.58 bits per heavy atom. The zero-order valence-electron chi connectivity index (χ0n) is 20.6. The molecule has 2 aromatic rings. The van der Waals surface area contributed by atoms with Gasteiger partial charge in [-0.25, -0.2) is 4.99 Å². The van der Waals surface area contributed by atoms with Crippen LogP contribution < -0.4 is 10.6 Å². The number of carbonyl (C=O) groups excluding carboxylic acids is 1. The van der Waals surface area contributed by atoms with Crippen LogP contribution in [0.25, 0.3) is 11.3 Å². The maximum absolute atomic E-state index is 13.6. The van der Waals surface area contributed by atoms with E-state index in [0.717, 1.165) is 19.3 Å². The van der Waals surface area contributed by atoms with Crippen molar-refractivity contribution in [1.82, 2.24) is 15.2 Å². The summed E-state index contributed by atoms with van der Waals surface area (Å²) in [4.78, 5) is 20.1. The number of allylic oxidation sites excluding steroid dienone is 2. The number of aromatic nitrogens is 1. The van der Waals surface area contributed by atoms with Gasteiger partial charge in [-0.15, -0.1) is 0 Å². The molecule has 0 amide bonds. The summed E-state index contributed by atoms with van der Waals surface area (Å²) >= 11 is 0. The second-order valence-corrected chi connectivity index (χ2v) is 8.20. The minimum Gasteiger partial charge on any atom is -0.469 e. The normalized spacial score (nSPS) is 16.0. The van der Waals surface area contributed by atoms with E-state index in [1.54, 1.807) is 6.92 Å². The van der Waals surface area contributed by atoms with E-state index in [4.69, 9.17) is 0 Å². The Hall–Kier alpha value is -4.03. The molecule has 0 saturated heterocycles. The number of carbonyl (C=O) groups is 1. The first kappa shape index (κ1) is 28.5. The van der Waals surface area contributed by atoms with Crippen LogP contribution in [0, 0.1) is 0 Å². The Kier molecular flexibility index (Phi) is 8.69. The van der Waals surface area contributed by atoms with Crippen molar-refractivity contribution in [2.75, 3.05) is 19.5 Å². The molecule has 2 N–H and O–H groups in total. The predicted molar refractivity (Wildman–Crippen MR) is 130 cm³/mol. The molecule has 1 aliphatic rings. The van der Waals surface area contributed by atoms with Gasteiger partial charge in [0.1, 0.15) is 12.0 Å². The molecule has 204 valence electrons. The zero-order valence-corrected chi connectivity index (χ0v) is 20.6. The molecule has 0 aliphatic carbocycles. The number of pyridine rings is 1. The van der Waals surface area contributed by atoms with Crippen LogP contribution in [-0.2, 0) is 15.7 Å². The molecule has 7 nitrogen and oxygen atoms in total. The summed E-state index contributed by atoms with van der Waals surface area (Å²) in [5.41, 5.74) is -0.222. The zero-order chi connectivity index (χ0) is 28.1. The van der Waals surface area contributed by atoms with Crippen molar-refractivity contribution in [2.24, 2.45) is 4.99 Å². The van der Waals surface area contributed by atoms with Crippen molar-refractivity contribution in [1.29, 1.82) is 0 Å². The first-order valence-corrected chi connectivity index (χ1v) is 11.3. The summed E-state index contributed by atoms with van der Waals surface area (Å²) in [6, 6.07) is 6.48. The summed E-state index contributed by atoms with van der Waals surface area (Å²) in [5, 5.41) is 5.95. The first-order valence-electron chi connectivity index (χ1n) is 11.3. The monoisotopic (exact) mass is 541 g/mol. The maximum Gasteiger partial charge on any atom is 0.484 e. The number of hydrogen-bond donors (Lipinski definition) is 2. The number of rotatable bonds is 7. The summed E-state index contributed by atoms with van der Waals surface area (Å²) < 4.78 is 84.8. The van der Waals surface area contributed by atoms with E-state index in [0.29, 0.717) is 11.3 Å². The van der Waals surface area contributed by atoms with E-state index in [9.17, 15) is 31.1 Å². The summed E-state index contributed by atoms with van der Waals surface area (Å²) in [5.74, 6) is -0.335. The van der Waals surface area contributed by atoms with Gasteiger partial charge in [0.25, 0.3) is 0 Å². The highest BCUT2D eigenvalue weighted by Crippen LogP contribution is 2.37. The number of aliphatic imine (C=N–C) groups is 1. The highest BCUT2D eigenvalue weighted by Gasteiger charge is 2.35. The van der Waals surface area contributed by atoms with Crippen LogP contribution in [0.15, 0.2) is 65.6 Å². The van der Waals surface area contributed by atoms with Crippen molar-refractivity contribution in [3.63, 3.8) is 0 Å². The summed E-state index contributed by atoms with van der Waals surface area (Å²) in [7, 11) is 2.07. The third kappa shape index (κ3) is 7.05. The Bertz CT molecular complexity index is 1250. The van der Waals surface area contributed by atoms with E-state index in [2.05, 4.69) is 25.3 Å². The van der Waals surface area contributed by atoms with Gasteiger partial charge in [0.05, 0.1) is 24.1 Å². The van der Waals surface area contributed by atoms with E-state index in [1.807, 2.05) is 0 Å². The van der Waals surface area contributed by atoms with E-state index >= 15 is 0 Å². The minimum atomic E-state index is -4.64. The number of amidine groups is 1. The standard InChI is InChI=1S/C25H25F6N5O2/c1-4-6-16(14-36(2)25(29,30)31)33-23-17-9-8-15(22-18(24(26,27)28)7-5-12-32-22)13-19(17)34-20(35-23)10-11-21(37)38-3/h4-9,12-14,20,34H,10-11H2,1-3H3,(H,33,35)/b6-4-,16-14+. The van der Waals surface area contributed by atoms with Crippen molar-refractivity contribution in [3.8, 4) is 11.3 Å². The highest BCUT2D eigenvalue weighted by atomic mass is 19.4. The van der Waals surface area contributed by atoms with E-state index in [-0.39, 0.29) is 40.5 Å². The quantitative estimate of drug-likeness (QED) is 0.203. The van der Waals surface area contributed by atoms with Crippen LogP contribution >= 0.6 is 0 Å². The number of methoxy groups -OCH3 is 1. The molecule has 0 bridgehead atoms. The van der Waals surface area contributed by atoms with Crippen molar-refractivity contribution >= 4 is 17.5 Å². The van der Waals surface area contributed by atoms with Gasteiger partial charge < -0.3 is 15.4 Å². The fourth-order valence-corrected chi connectivity index (χ4v) is 3.63. The average molecular weight is 541 g/mol. The van der Waals surface area contributed by atoms with Crippen LogP contribution in [0.2, 0.25) is 0 Å². The summed E-state index contributed by atoms with van der Waals surface area (Å²) in [6.45, 7) is 1.62. The molecule has 0 spiro atoms. The largest absolute Gasteiger partial charge is 0.484 e. The molecule has 1 unspecified atom stereocenters. The molecule has 0 fully saturated rings. The molecule has 1 atom stereocenters. The average Bonchev–Trinajstić information content (AvgIpc) is 2.85. The third-order valence-electron chi connectivity index (χ3n) is 5.46. The number of ether oxygens (including phenoxy) is 1. The van der Waals surface area contributed by atoms with Gasteiger partial charge >= 0.3 is 18.4 Å². The lowest BCUT2D eigenvalue weighted by Crippen LogP contribution is -2.35. The number of alkyl halides is 6. The molecular weight excluding hydrogens is 516 g/mol. The molecule has 1 aromatic heterocycles. The van der Waals surface area contributed by atoms with Crippen molar-refractivity contribution in [2.45, 2.75) is 38.4 Å². The molecule has 38 heavy (non-hydrogen) atoms. The Balaban J connectivity index is 2.05. The van der Waals surface area contributed by atoms with Crippen LogP contribution in [0.4, 0.5) is 32.0 Å². The number of fused-ring (bicyclic) bond motifs is 1. The number of benzene rings is 1. The molecule has 13 heteroatoms. The van der Waals surface area contributed by atoms with Gasteiger partial charge in [-0.1, -0.05) is 12.1 Å². The van der Waals surface area contributed by atoms with Gasteiger partial charge in [-0.3, -0.25) is 14.7 Å². The molecule has 1 aliphatic heterocycles. The van der Waals surface area contributed by atoms with Gasteiger partial charge in [0.15, 0.2) is 0 Å². The summed E-state index contributed by atoms with van der Waals surface area (Å²) in [6.07, 6.45) is -4.83. The lowest BCUT2D eigenvalue weighted by molar-refractivity contribution is -0.219. The third-order valence-corrected chi connectivity index (χ3v) is 5.46. The van der Waals surface area contributed by atoms with Crippen molar-refractivity contribution in [3.05, 3.63) is 71.7 Å². The van der Waals surface area contributed by atoms with Gasteiger partial charge in [0, 0.05) is 42.7 Å². The molecule has 2 heterocycles. The van der Waals surface area contributed by atoms with Crippen molar-refractivity contribution < 1.29 is 35.9 Å². The lowest BCUT2D eigenvalue weighted by atomic mass is 10.00. The fraction of sp³-hybridized carbons (Fsp3) is 0.320. The smallest absolute Gasteiger partial charge is 0.469 e. The van der Waals surface area contributed by atoms with Crippen LogP contribution in [0.3, 0.4) is 0 Å².